The Hall–Kier alpha value is -2.53. The van der Waals surface area contributed by atoms with Gasteiger partial charge in [-0.05, 0) is 68.8 Å². The van der Waals surface area contributed by atoms with Crippen molar-refractivity contribution in [2.75, 3.05) is 26.3 Å². The molecule has 0 aliphatic rings. The molecule has 5 nitrogen and oxygen atoms in total. The predicted octanol–water partition coefficient (Wildman–Crippen LogP) is 3.60. The summed E-state index contributed by atoms with van der Waals surface area (Å²) in [4.78, 5) is 10.8. The summed E-state index contributed by atoms with van der Waals surface area (Å²) in [5, 5.41) is 12.2. The van der Waals surface area contributed by atoms with Crippen LogP contribution in [0, 0.1) is 0 Å². The monoisotopic (exact) mass is 343 g/mol. The van der Waals surface area contributed by atoms with E-state index in [0.717, 1.165) is 38.1 Å². The highest BCUT2D eigenvalue weighted by Crippen LogP contribution is 2.12. The number of carbonyl (C=O) groups is 1. The second kappa shape index (κ2) is 11.1. The Kier molecular flexibility index (Phi) is 8.35. The molecule has 0 fully saturated rings. The molecule has 2 rings (SSSR count). The van der Waals surface area contributed by atoms with Crippen molar-refractivity contribution in [1.29, 1.82) is 0 Å². The predicted molar refractivity (Wildman–Crippen MR) is 97.6 cm³/mol. The van der Waals surface area contributed by atoms with E-state index in [1.54, 1.807) is 24.3 Å². The topological polar surface area (TPSA) is 67.8 Å². The van der Waals surface area contributed by atoms with E-state index in [4.69, 9.17) is 14.6 Å². The van der Waals surface area contributed by atoms with Crippen LogP contribution in [0.25, 0.3) is 0 Å². The van der Waals surface area contributed by atoms with Gasteiger partial charge in [-0.2, -0.15) is 0 Å². The van der Waals surface area contributed by atoms with E-state index in [1.165, 1.54) is 0 Å². The zero-order chi connectivity index (χ0) is 17.7. The van der Waals surface area contributed by atoms with E-state index in [-0.39, 0.29) is 5.56 Å². The number of hydrogen-bond donors (Lipinski definition) is 2. The third-order valence-electron chi connectivity index (χ3n) is 3.63. The molecular weight excluding hydrogens is 318 g/mol. The van der Waals surface area contributed by atoms with Gasteiger partial charge in [-0.1, -0.05) is 18.2 Å². The number of carboxylic acids is 1. The Balaban J connectivity index is 1.42. The Labute approximate surface area is 148 Å². The average molecular weight is 343 g/mol. The normalized spacial score (nSPS) is 10.4. The molecule has 0 saturated carbocycles. The number of benzene rings is 2. The number of carboxylic acid groups (broad SMARTS) is 1. The lowest BCUT2D eigenvalue weighted by molar-refractivity contribution is 0.0697. The maximum atomic E-state index is 10.8. The maximum absolute atomic E-state index is 10.8. The standard InChI is InChI=1S/C20H25NO4/c22-20(23)17-9-11-19(12-10-17)24-15-5-4-13-21-14-6-16-25-18-7-2-1-3-8-18/h1-3,7-12,21H,4-6,13-16H2,(H,22,23). The van der Waals surface area contributed by atoms with Gasteiger partial charge in [0.05, 0.1) is 18.8 Å². The fourth-order valence-electron chi connectivity index (χ4n) is 2.26. The van der Waals surface area contributed by atoms with Crippen molar-refractivity contribution in [2.45, 2.75) is 19.3 Å². The Morgan fingerprint density at radius 3 is 2.08 bits per heavy atom. The van der Waals surface area contributed by atoms with Gasteiger partial charge in [0.1, 0.15) is 11.5 Å². The molecule has 2 N–H and O–H groups in total. The Morgan fingerprint density at radius 2 is 1.40 bits per heavy atom. The highest BCUT2D eigenvalue weighted by atomic mass is 16.5. The van der Waals surface area contributed by atoms with Crippen LogP contribution in [-0.2, 0) is 0 Å². The molecule has 0 unspecified atom stereocenters. The summed E-state index contributed by atoms with van der Waals surface area (Å²) in [6.45, 7) is 3.23. The van der Waals surface area contributed by atoms with Crippen molar-refractivity contribution in [2.24, 2.45) is 0 Å². The number of aromatic carboxylic acids is 1. The van der Waals surface area contributed by atoms with E-state index in [9.17, 15) is 4.79 Å². The van der Waals surface area contributed by atoms with E-state index >= 15 is 0 Å². The summed E-state index contributed by atoms with van der Waals surface area (Å²) in [7, 11) is 0. The van der Waals surface area contributed by atoms with Crippen LogP contribution in [0.5, 0.6) is 11.5 Å². The Bertz CT molecular complexity index is 613. The van der Waals surface area contributed by atoms with E-state index in [0.29, 0.717) is 19.0 Å². The minimum Gasteiger partial charge on any atom is -0.494 e. The average Bonchev–Trinajstić information content (AvgIpc) is 2.64. The molecule has 5 heteroatoms. The molecule has 25 heavy (non-hydrogen) atoms. The lowest BCUT2D eigenvalue weighted by atomic mass is 10.2. The van der Waals surface area contributed by atoms with Gasteiger partial charge in [0, 0.05) is 0 Å². The molecule has 0 atom stereocenters. The van der Waals surface area contributed by atoms with Crippen LogP contribution < -0.4 is 14.8 Å². The fraction of sp³-hybridized carbons (Fsp3) is 0.350. The van der Waals surface area contributed by atoms with Gasteiger partial charge >= 0.3 is 5.97 Å². The number of hydrogen-bond acceptors (Lipinski definition) is 4. The molecule has 134 valence electrons. The number of para-hydroxylation sites is 1. The van der Waals surface area contributed by atoms with Crippen LogP contribution in [0.15, 0.2) is 54.6 Å². The summed E-state index contributed by atoms with van der Waals surface area (Å²) in [6, 6.07) is 16.3. The van der Waals surface area contributed by atoms with Gasteiger partial charge < -0.3 is 19.9 Å². The highest BCUT2D eigenvalue weighted by molar-refractivity contribution is 5.87. The maximum Gasteiger partial charge on any atom is 0.335 e. The summed E-state index contributed by atoms with van der Waals surface area (Å²) in [6.07, 6.45) is 2.96. The lowest BCUT2D eigenvalue weighted by Crippen LogP contribution is -2.19. The first kappa shape index (κ1) is 18.8. The minimum absolute atomic E-state index is 0.271. The van der Waals surface area contributed by atoms with Crippen LogP contribution in [0.3, 0.4) is 0 Å². The summed E-state index contributed by atoms with van der Waals surface area (Å²) < 4.78 is 11.2. The van der Waals surface area contributed by atoms with Gasteiger partial charge in [0.25, 0.3) is 0 Å². The summed E-state index contributed by atoms with van der Waals surface area (Å²) in [5.41, 5.74) is 0.271. The SMILES string of the molecule is O=C(O)c1ccc(OCCCCNCCCOc2ccccc2)cc1. The molecule has 0 amide bonds. The van der Waals surface area contributed by atoms with Crippen LogP contribution in [0.1, 0.15) is 29.6 Å². The zero-order valence-corrected chi connectivity index (χ0v) is 14.3. The van der Waals surface area contributed by atoms with Crippen molar-refractivity contribution in [3.8, 4) is 11.5 Å². The highest BCUT2D eigenvalue weighted by Gasteiger charge is 2.01. The molecule has 0 aliphatic carbocycles. The number of nitrogens with one attached hydrogen (secondary N) is 1. The largest absolute Gasteiger partial charge is 0.494 e. The smallest absolute Gasteiger partial charge is 0.335 e. The van der Waals surface area contributed by atoms with Crippen LogP contribution >= 0.6 is 0 Å². The third-order valence-corrected chi connectivity index (χ3v) is 3.63. The number of rotatable bonds is 12. The second-order valence-electron chi connectivity index (χ2n) is 5.65. The van der Waals surface area contributed by atoms with Crippen molar-refractivity contribution >= 4 is 5.97 Å². The molecule has 0 saturated heterocycles. The van der Waals surface area contributed by atoms with Crippen molar-refractivity contribution in [3.05, 3.63) is 60.2 Å². The quantitative estimate of drug-likeness (QED) is 0.576. The third kappa shape index (κ3) is 7.72. The van der Waals surface area contributed by atoms with Crippen molar-refractivity contribution in [3.63, 3.8) is 0 Å². The van der Waals surface area contributed by atoms with Crippen molar-refractivity contribution < 1.29 is 19.4 Å². The minimum atomic E-state index is -0.924. The van der Waals surface area contributed by atoms with Gasteiger partial charge in [-0.3, -0.25) is 0 Å². The molecular formula is C20H25NO4. The molecule has 2 aromatic carbocycles. The molecule has 0 aliphatic heterocycles. The van der Waals surface area contributed by atoms with Gasteiger partial charge in [0.2, 0.25) is 0 Å². The molecule has 0 spiro atoms. The Morgan fingerprint density at radius 1 is 0.800 bits per heavy atom. The van der Waals surface area contributed by atoms with Crippen molar-refractivity contribution in [1.82, 2.24) is 5.32 Å². The molecule has 0 bridgehead atoms. The first-order valence-electron chi connectivity index (χ1n) is 8.60. The van der Waals surface area contributed by atoms with Crippen LogP contribution in [-0.4, -0.2) is 37.4 Å². The molecule has 0 heterocycles. The molecule has 0 radical (unpaired) electrons. The number of ether oxygens (including phenoxy) is 2. The first-order valence-corrected chi connectivity index (χ1v) is 8.60. The number of unbranched alkanes of at least 4 members (excludes halogenated alkanes) is 1. The zero-order valence-electron chi connectivity index (χ0n) is 14.3. The second-order valence-corrected chi connectivity index (χ2v) is 5.65. The van der Waals surface area contributed by atoms with Crippen LogP contribution in [0.2, 0.25) is 0 Å². The van der Waals surface area contributed by atoms with E-state index < -0.39 is 5.97 Å². The summed E-state index contributed by atoms with van der Waals surface area (Å²) >= 11 is 0. The van der Waals surface area contributed by atoms with E-state index in [1.807, 2.05) is 30.3 Å². The lowest BCUT2D eigenvalue weighted by Gasteiger charge is -2.08. The van der Waals surface area contributed by atoms with Gasteiger partial charge in [-0.15, -0.1) is 0 Å². The fourth-order valence-corrected chi connectivity index (χ4v) is 2.26. The van der Waals surface area contributed by atoms with E-state index in [2.05, 4.69) is 5.32 Å². The van der Waals surface area contributed by atoms with Crippen LogP contribution in [0.4, 0.5) is 0 Å². The van der Waals surface area contributed by atoms with Gasteiger partial charge in [0.15, 0.2) is 0 Å². The molecule has 0 aromatic heterocycles. The first-order chi connectivity index (χ1) is 12.3. The molecule has 2 aromatic rings. The summed E-state index contributed by atoms with van der Waals surface area (Å²) in [5.74, 6) is 0.693. The van der Waals surface area contributed by atoms with Gasteiger partial charge in [-0.25, -0.2) is 4.79 Å².